The van der Waals surface area contributed by atoms with Gasteiger partial charge < -0.3 is 5.32 Å². The summed E-state index contributed by atoms with van der Waals surface area (Å²) in [5.74, 6) is 0.00146. The molecule has 0 aliphatic rings. The normalized spacial score (nSPS) is 11.0. The number of para-hydroxylation sites is 1. The Bertz CT molecular complexity index is 1390. The van der Waals surface area contributed by atoms with Crippen LogP contribution >= 0.6 is 11.8 Å². The number of benzene rings is 3. The SMILES string of the molecule is Cc1ccc(-n2c(SCC(=O)Nc3cccc(C)c3C)nc3ccccc3c2=O)c(C)c1. The van der Waals surface area contributed by atoms with E-state index in [1.807, 2.05) is 82.3 Å². The van der Waals surface area contributed by atoms with Gasteiger partial charge in [-0.15, -0.1) is 0 Å². The summed E-state index contributed by atoms with van der Waals surface area (Å²) in [7, 11) is 0. The first-order valence-corrected chi connectivity index (χ1v) is 11.4. The van der Waals surface area contributed by atoms with Crippen molar-refractivity contribution in [1.82, 2.24) is 9.55 Å². The van der Waals surface area contributed by atoms with Crippen LogP contribution in [-0.4, -0.2) is 21.2 Å². The lowest BCUT2D eigenvalue weighted by Crippen LogP contribution is -2.23. The number of rotatable bonds is 5. The molecular formula is C26H25N3O2S. The maximum absolute atomic E-state index is 13.4. The van der Waals surface area contributed by atoms with Gasteiger partial charge in [-0.05, 0) is 68.7 Å². The molecule has 0 saturated heterocycles. The topological polar surface area (TPSA) is 64.0 Å². The van der Waals surface area contributed by atoms with Crippen LogP contribution in [0.3, 0.4) is 0 Å². The highest BCUT2D eigenvalue weighted by Crippen LogP contribution is 2.24. The number of hydrogen-bond acceptors (Lipinski definition) is 4. The summed E-state index contributed by atoms with van der Waals surface area (Å²) < 4.78 is 1.62. The fraction of sp³-hybridized carbons (Fsp3) is 0.192. The van der Waals surface area contributed by atoms with E-state index in [0.717, 1.165) is 33.6 Å². The largest absolute Gasteiger partial charge is 0.325 e. The van der Waals surface area contributed by atoms with Crippen LogP contribution in [0.5, 0.6) is 0 Å². The van der Waals surface area contributed by atoms with E-state index in [1.54, 1.807) is 10.6 Å². The van der Waals surface area contributed by atoms with E-state index in [4.69, 9.17) is 4.98 Å². The van der Waals surface area contributed by atoms with E-state index < -0.39 is 0 Å². The first-order valence-electron chi connectivity index (χ1n) is 10.4. The van der Waals surface area contributed by atoms with Crippen LogP contribution in [0.4, 0.5) is 5.69 Å². The molecule has 4 rings (SSSR count). The van der Waals surface area contributed by atoms with Gasteiger partial charge in [0.15, 0.2) is 5.16 Å². The van der Waals surface area contributed by atoms with Crippen molar-refractivity contribution < 1.29 is 4.79 Å². The smallest absolute Gasteiger partial charge is 0.266 e. The molecular weight excluding hydrogens is 418 g/mol. The maximum atomic E-state index is 13.4. The number of carbonyl (C=O) groups excluding carboxylic acids is 1. The summed E-state index contributed by atoms with van der Waals surface area (Å²) in [5.41, 5.74) is 6.32. The van der Waals surface area contributed by atoms with E-state index in [-0.39, 0.29) is 17.2 Å². The lowest BCUT2D eigenvalue weighted by molar-refractivity contribution is -0.113. The predicted octanol–water partition coefficient (Wildman–Crippen LogP) is 5.35. The second-order valence-corrected chi connectivity index (χ2v) is 8.87. The molecule has 1 N–H and O–H groups in total. The van der Waals surface area contributed by atoms with Crippen molar-refractivity contribution in [2.75, 3.05) is 11.1 Å². The highest BCUT2D eigenvalue weighted by molar-refractivity contribution is 7.99. The van der Waals surface area contributed by atoms with Gasteiger partial charge in [0.1, 0.15) is 0 Å². The number of carbonyl (C=O) groups is 1. The third kappa shape index (κ3) is 4.32. The van der Waals surface area contributed by atoms with Gasteiger partial charge >= 0.3 is 0 Å². The summed E-state index contributed by atoms with van der Waals surface area (Å²) >= 11 is 1.26. The van der Waals surface area contributed by atoms with Crippen LogP contribution in [0.15, 0.2) is 70.6 Å². The van der Waals surface area contributed by atoms with Crippen molar-refractivity contribution in [3.8, 4) is 5.69 Å². The van der Waals surface area contributed by atoms with E-state index in [1.165, 1.54) is 11.8 Å². The summed E-state index contributed by atoms with van der Waals surface area (Å²) in [6.45, 7) is 8.00. The summed E-state index contributed by atoms with van der Waals surface area (Å²) in [6, 6.07) is 19.1. The average molecular weight is 444 g/mol. The number of hydrogen-bond donors (Lipinski definition) is 1. The van der Waals surface area contributed by atoms with Crippen molar-refractivity contribution in [3.63, 3.8) is 0 Å². The lowest BCUT2D eigenvalue weighted by atomic mass is 10.1. The second kappa shape index (κ2) is 9.01. The zero-order valence-corrected chi connectivity index (χ0v) is 19.4. The molecule has 6 heteroatoms. The average Bonchev–Trinajstić information content (AvgIpc) is 2.76. The Labute approximate surface area is 191 Å². The monoisotopic (exact) mass is 443 g/mol. The number of nitrogens with one attached hydrogen (secondary N) is 1. The van der Waals surface area contributed by atoms with E-state index >= 15 is 0 Å². The Morgan fingerprint density at radius 1 is 0.969 bits per heavy atom. The summed E-state index contributed by atoms with van der Waals surface area (Å²) in [5, 5.41) is 4.03. The number of nitrogens with zero attached hydrogens (tertiary/aromatic N) is 2. The third-order valence-electron chi connectivity index (χ3n) is 5.55. The van der Waals surface area contributed by atoms with Gasteiger partial charge in [-0.1, -0.05) is 53.7 Å². The molecule has 0 fully saturated rings. The number of amides is 1. The molecule has 1 heterocycles. The number of fused-ring (bicyclic) bond motifs is 1. The maximum Gasteiger partial charge on any atom is 0.266 e. The number of aryl methyl sites for hydroxylation is 3. The number of anilines is 1. The molecule has 3 aromatic carbocycles. The van der Waals surface area contributed by atoms with Crippen molar-refractivity contribution in [2.45, 2.75) is 32.9 Å². The number of aromatic nitrogens is 2. The summed E-state index contributed by atoms with van der Waals surface area (Å²) in [4.78, 5) is 30.9. The van der Waals surface area contributed by atoms with Crippen LogP contribution < -0.4 is 10.9 Å². The Balaban J connectivity index is 1.70. The van der Waals surface area contributed by atoms with Crippen LogP contribution in [0.25, 0.3) is 16.6 Å². The Kier molecular flexibility index (Phi) is 6.15. The molecule has 0 aliphatic heterocycles. The molecule has 32 heavy (non-hydrogen) atoms. The zero-order chi connectivity index (χ0) is 22.8. The predicted molar refractivity (Wildman–Crippen MR) is 132 cm³/mol. The molecule has 0 unspecified atom stereocenters. The molecule has 4 aromatic rings. The molecule has 0 aliphatic carbocycles. The van der Waals surface area contributed by atoms with E-state index in [9.17, 15) is 9.59 Å². The fourth-order valence-corrected chi connectivity index (χ4v) is 4.49. The minimum absolute atomic E-state index is 0.139. The highest BCUT2D eigenvalue weighted by atomic mass is 32.2. The minimum atomic E-state index is -0.140. The molecule has 1 amide bonds. The third-order valence-corrected chi connectivity index (χ3v) is 6.49. The first-order chi connectivity index (χ1) is 15.3. The van der Waals surface area contributed by atoms with Gasteiger partial charge in [0, 0.05) is 5.69 Å². The molecule has 5 nitrogen and oxygen atoms in total. The molecule has 162 valence electrons. The van der Waals surface area contributed by atoms with Crippen molar-refractivity contribution >= 4 is 34.3 Å². The molecule has 0 bridgehead atoms. The van der Waals surface area contributed by atoms with Crippen LogP contribution in [0.1, 0.15) is 22.3 Å². The van der Waals surface area contributed by atoms with Crippen molar-refractivity contribution in [2.24, 2.45) is 0 Å². The molecule has 0 spiro atoms. The molecule has 0 radical (unpaired) electrons. The van der Waals surface area contributed by atoms with Gasteiger partial charge in [0.25, 0.3) is 5.56 Å². The highest BCUT2D eigenvalue weighted by Gasteiger charge is 2.16. The number of thioether (sulfide) groups is 1. The van der Waals surface area contributed by atoms with E-state index in [2.05, 4.69) is 5.32 Å². The van der Waals surface area contributed by atoms with Gasteiger partial charge in [0.2, 0.25) is 5.91 Å². The van der Waals surface area contributed by atoms with Gasteiger partial charge in [-0.3, -0.25) is 14.2 Å². The zero-order valence-electron chi connectivity index (χ0n) is 18.6. The van der Waals surface area contributed by atoms with Gasteiger partial charge in [0.05, 0.1) is 22.3 Å². The van der Waals surface area contributed by atoms with Crippen LogP contribution in [0, 0.1) is 27.7 Å². The van der Waals surface area contributed by atoms with Gasteiger partial charge in [-0.25, -0.2) is 4.98 Å². The standard InChI is InChI=1S/C26H25N3O2S/c1-16-12-13-23(18(3)14-16)29-25(31)20-9-5-6-10-22(20)28-26(29)32-15-24(30)27-21-11-7-8-17(2)19(21)4/h5-14H,15H2,1-4H3,(H,27,30). The molecule has 0 saturated carbocycles. The van der Waals surface area contributed by atoms with Crippen LogP contribution in [0.2, 0.25) is 0 Å². The van der Waals surface area contributed by atoms with E-state index in [0.29, 0.717) is 16.1 Å². The lowest BCUT2D eigenvalue weighted by Gasteiger charge is -2.16. The summed E-state index contributed by atoms with van der Waals surface area (Å²) in [6.07, 6.45) is 0. The molecule has 1 aromatic heterocycles. The Hall–Kier alpha value is -3.38. The Morgan fingerprint density at radius 2 is 1.75 bits per heavy atom. The van der Waals surface area contributed by atoms with Crippen LogP contribution in [-0.2, 0) is 4.79 Å². The van der Waals surface area contributed by atoms with Gasteiger partial charge in [-0.2, -0.15) is 0 Å². The van der Waals surface area contributed by atoms with Crippen molar-refractivity contribution in [3.05, 3.63) is 93.3 Å². The Morgan fingerprint density at radius 3 is 2.53 bits per heavy atom. The quantitative estimate of drug-likeness (QED) is 0.334. The second-order valence-electron chi connectivity index (χ2n) is 7.93. The molecule has 0 atom stereocenters. The minimum Gasteiger partial charge on any atom is -0.325 e. The first kappa shape index (κ1) is 21.8. The van der Waals surface area contributed by atoms with Crippen molar-refractivity contribution in [1.29, 1.82) is 0 Å². The fourth-order valence-electron chi connectivity index (χ4n) is 3.68.